The molecule has 0 N–H and O–H groups in total. The van der Waals surface area contributed by atoms with E-state index in [0.717, 1.165) is 22.6 Å². The molecular formula is C21H17Cl4NO. The number of rotatable bonds is 6. The van der Waals surface area contributed by atoms with E-state index in [-0.39, 0.29) is 0 Å². The molecule has 0 saturated carbocycles. The summed E-state index contributed by atoms with van der Waals surface area (Å²) in [6.07, 6.45) is 0. The summed E-state index contributed by atoms with van der Waals surface area (Å²) in [5, 5.41) is 2.17. The number of hydrogen-bond donors (Lipinski definition) is 0. The normalized spacial score (nSPS) is 10.7. The zero-order valence-electron chi connectivity index (χ0n) is 14.6. The van der Waals surface area contributed by atoms with Gasteiger partial charge in [0.2, 0.25) is 0 Å². The first kappa shape index (κ1) is 20.2. The standard InChI is InChI=1S/C21H17Cl4NO/c1-27-17-6-4-16(5-7-17)26(12-14-2-8-18(22)20(24)10-14)13-15-3-9-19(23)21(25)11-15/h2-11H,12-13H2,1H3. The summed E-state index contributed by atoms with van der Waals surface area (Å²) in [5.74, 6) is 0.808. The van der Waals surface area contributed by atoms with Crippen molar-refractivity contribution in [3.05, 3.63) is 91.9 Å². The molecule has 0 aliphatic heterocycles. The summed E-state index contributed by atoms with van der Waals surface area (Å²) in [6.45, 7) is 1.31. The van der Waals surface area contributed by atoms with Crippen molar-refractivity contribution in [2.45, 2.75) is 13.1 Å². The van der Waals surface area contributed by atoms with Gasteiger partial charge in [0, 0.05) is 18.8 Å². The number of nitrogens with zero attached hydrogens (tertiary/aromatic N) is 1. The molecule has 0 atom stereocenters. The third-order valence-corrected chi connectivity index (χ3v) is 5.63. The number of anilines is 1. The maximum atomic E-state index is 6.18. The minimum absolute atomic E-state index is 0.540. The van der Waals surface area contributed by atoms with Gasteiger partial charge in [0.1, 0.15) is 5.75 Å². The topological polar surface area (TPSA) is 12.5 Å². The van der Waals surface area contributed by atoms with E-state index in [2.05, 4.69) is 4.90 Å². The Morgan fingerprint density at radius 2 is 1.15 bits per heavy atom. The highest BCUT2D eigenvalue weighted by Crippen LogP contribution is 2.28. The van der Waals surface area contributed by atoms with Crippen LogP contribution < -0.4 is 9.64 Å². The molecule has 0 heterocycles. The van der Waals surface area contributed by atoms with E-state index < -0.39 is 0 Å². The van der Waals surface area contributed by atoms with Gasteiger partial charge in [-0.25, -0.2) is 0 Å². The maximum Gasteiger partial charge on any atom is 0.119 e. The summed E-state index contributed by atoms with van der Waals surface area (Å²) in [6, 6.07) is 19.2. The molecule has 0 radical (unpaired) electrons. The molecule has 0 aromatic heterocycles. The van der Waals surface area contributed by atoms with Gasteiger partial charge < -0.3 is 9.64 Å². The predicted molar refractivity (Wildman–Crippen MR) is 116 cm³/mol. The second-order valence-electron chi connectivity index (χ2n) is 6.05. The first-order valence-corrected chi connectivity index (χ1v) is 9.74. The van der Waals surface area contributed by atoms with Crippen LogP contribution >= 0.6 is 46.4 Å². The van der Waals surface area contributed by atoms with E-state index in [1.807, 2.05) is 60.7 Å². The fraction of sp³-hybridized carbons (Fsp3) is 0.143. The maximum absolute atomic E-state index is 6.18. The number of hydrogen-bond acceptors (Lipinski definition) is 2. The van der Waals surface area contributed by atoms with E-state index in [4.69, 9.17) is 51.1 Å². The molecule has 0 aliphatic carbocycles. The summed E-state index contributed by atoms with van der Waals surface area (Å²) < 4.78 is 5.26. The SMILES string of the molecule is COc1ccc(N(Cc2ccc(Cl)c(Cl)c2)Cc2ccc(Cl)c(Cl)c2)cc1. The fourth-order valence-corrected chi connectivity index (χ4v) is 3.39. The molecule has 3 aromatic rings. The van der Waals surface area contributed by atoms with Crippen LogP contribution in [0.4, 0.5) is 5.69 Å². The molecule has 0 spiro atoms. The molecule has 3 aromatic carbocycles. The minimum Gasteiger partial charge on any atom is -0.497 e. The lowest BCUT2D eigenvalue weighted by Gasteiger charge is -2.26. The quantitative estimate of drug-likeness (QED) is 0.393. The molecule has 0 bridgehead atoms. The Morgan fingerprint density at radius 1 is 0.667 bits per heavy atom. The van der Waals surface area contributed by atoms with Crippen LogP contribution in [0.3, 0.4) is 0 Å². The molecule has 27 heavy (non-hydrogen) atoms. The average Bonchev–Trinajstić information content (AvgIpc) is 2.67. The third kappa shape index (κ3) is 5.24. The van der Waals surface area contributed by atoms with Gasteiger partial charge in [-0.1, -0.05) is 58.5 Å². The van der Waals surface area contributed by atoms with Crippen LogP contribution in [0.2, 0.25) is 20.1 Å². The summed E-state index contributed by atoms with van der Waals surface area (Å²) in [7, 11) is 1.65. The third-order valence-electron chi connectivity index (χ3n) is 4.15. The lowest BCUT2D eigenvalue weighted by Crippen LogP contribution is -2.22. The van der Waals surface area contributed by atoms with Crippen molar-refractivity contribution in [2.24, 2.45) is 0 Å². The highest BCUT2D eigenvalue weighted by atomic mass is 35.5. The van der Waals surface area contributed by atoms with E-state index in [9.17, 15) is 0 Å². The van der Waals surface area contributed by atoms with Crippen molar-refractivity contribution >= 4 is 52.1 Å². The van der Waals surface area contributed by atoms with E-state index in [0.29, 0.717) is 33.2 Å². The molecule has 2 nitrogen and oxygen atoms in total. The van der Waals surface area contributed by atoms with Crippen LogP contribution in [-0.2, 0) is 13.1 Å². The number of methoxy groups -OCH3 is 1. The number of ether oxygens (including phenoxy) is 1. The first-order chi connectivity index (χ1) is 13.0. The van der Waals surface area contributed by atoms with Crippen LogP contribution in [0, 0.1) is 0 Å². The van der Waals surface area contributed by atoms with Crippen molar-refractivity contribution in [1.82, 2.24) is 0 Å². The Morgan fingerprint density at radius 3 is 1.56 bits per heavy atom. The van der Waals surface area contributed by atoms with Gasteiger partial charge in [-0.2, -0.15) is 0 Å². The summed E-state index contributed by atoms with van der Waals surface area (Å²) in [5.41, 5.74) is 3.16. The largest absolute Gasteiger partial charge is 0.497 e. The van der Waals surface area contributed by atoms with Gasteiger partial charge in [0.05, 0.1) is 27.2 Å². The van der Waals surface area contributed by atoms with Gasteiger partial charge >= 0.3 is 0 Å². The molecule has 0 aliphatic rings. The Hall–Kier alpha value is -1.58. The van der Waals surface area contributed by atoms with E-state index in [1.165, 1.54) is 0 Å². The molecule has 0 fully saturated rings. The van der Waals surface area contributed by atoms with Crippen molar-refractivity contribution in [2.75, 3.05) is 12.0 Å². The molecule has 6 heteroatoms. The van der Waals surface area contributed by atoms with Gasteiger partial charge in [0.25, 0.3) is 0 Å². The van der Waals surface area contributed by atoms with Gasteiger partial charge in [-0.05, 0) is 59.7 Å². The highest BCUT2D eigenvalue weighted by Gasteiger charge is 2.11. The lowest BCUT2D eigenvalue weighted by atomic mass is 10.1. The zero-order chi connectivity index (χ0) is 19.4. The molecular weight excluding hydrogens is 424 g/mol. The number of benzene rings is 3. The minimum atomic E-state index is 0.540. The van der Waals surface area contributed by atoms with Gasteiger partial charge in [0.15, 0.2) is 0 Å². The van der Waals surface area contributed by atoms with E-state index in [1.54, 1.807) is 7.11 Å². The molecule has 3 rings (SSSR count). The highest BCUT2D eigenvalue weighted by molar-refractivity contribution is 6.42. The summed E-state index contributed by atoms with van der Waals surface area (Å²) in [4.78, 5) is 2.22. The van der Waals surface area contributed by atoms with Crippen LogP contribution in [0.5, 0.6) is 5.75 Å². The molecule has 0 amide bonds. The molecule has 0 saturated heterocycles. The fourth-order valence-electron chi connectivity index (χ4n) is 2.75. The van der Waals surface area contributed by atoms with Crippen LogP contribution in [0.15, 0.2) is 60.7 Å². The van der Waals surface area contributed by atoms with Crippen molar-refractivity contribution in [3.63, 3.8) is 0 Å². The Balaban J connectivity index is 1.91. The summed E-state index contributed by atoms with van der Waals surface area (Å²) >= 11 is 24.5. The predicted octanol–water partition coefficient (Wildman–Crippen LogP) is 7.52. The second kappa shape index (κ2) is 9.07. The smallest absolute Gasteiger partial charge is 0.119 e. The van der Waals surface area contributed by atoms with Crippen molar-refractivity contribution in [1.29, 1.82) is 0 Å². The van der Waals surface area contributed by atoms with E-state index >= 15 is 0 Å². The van der Waals surface area contributed by atoms with Crippen LogP contribution in [0.25, 0.3) is 0 Å². The first-order valence-electron chi connectivity index (χ1n) is 8.23. The average molecular weight is 441 g/mol. The lowest BCUT2D eigenvalue weighted by molar-refractivity contribution is 0.415. The number of halogens is 4. The monoisotopic (exact) mass is 439 g/mol. The zero-order valence-corrected chi connectivity index (χ0v) is 17.6. The second-order valence-corrected chi connectivity index (χ2v) is 7.68. The van der Waals surface area contributed by atoms with Crippen molar-refractivity contribution in [3.8, 4) is 5.75 Å². The Kier molecular flexibility index (Phi) is 6.78. The van der Waals surface area contributed by atoms with Crippen molar-refractivity contribution < 1.29 is 4.74 Å². The molecule has 0 unspecified atom stereocenters. The van der Waals surface area contributed by atoms with Gasteiger partial charge in [-0.3, -0.25) is 0 Å². The van der Waals surface area contributed by atoms with Crippen LogP contribution in [-0.4, -0.2) is 7.11 Å². The Labute approximate surface area is 179 Å². The Bertz CT molecular complexity index is 874. The molecule has 140 valence electrons. The van der Waals surface area contributed by atoms with Crippen LogP contribution in [0.1, 0.15) is 11.1 Å². The van der Waals surface area contributed by atoms with Gasteiger partial charge in [-0.15, -0.1) is 0 Å².